The van der Waals surface area contributed by atoms with Gasteiger partial charge >= 0.3 is 0 Å². The quantitative estimate of drug-likeness (QED) is 0.816. The van der Waals surface area contributed by atoms with E-state index in [2.05, 4.69) is 15.3 Å². The second-order valence-electron chi connectivity index (χ2n) is 3.87. The summed E-state index contributed by atoms with van der Waals surface area (Å²) in [5, 5.41) is 3.27. The lowest BCUT2D eigenvalue weighted by Crippen LogP contribution is -2.13. The highest BCUT2D eigenvalue weighted by atomic mass is 16.5. The molecule has 1 aliphatic heterocycles. The van der Waals surface area contributed by atoms with Gasteiger partial charge in [-0.15, -0.1) is 0 Å². The van der Waals surface area contributed by atoms with Gasteiger partial charge in [0.1, 0.15) is 24.0 Å². The Morgan fingerprint density at radius 3 is 2.94 bits per heavy atom. The van der Waals surface area contributed by atoms with E-state index in [0.29, 0.717) is 18.2 Å². The summed E-state index contributed by atoms with van der Waals surface area (Å²) in [5.41, 5.74) is 6.63. The number of fused-ring (bicyclic) bond motifs is 1. The summed E-state index contributed by atoms with van der Waals surface area (Å²) in [5.74, 6) is 2.04. The van der Waals surface area contributed by atoms with Gasteiger partial charge in [0.25, 0.3) is 0 Å². The van der Waals surface area contributed by atoms with E-state index in [0.717, 1.165) is 11.3 Å². The summed E-state index contributed by atoms with van der Waals surface area (Å²) >= 11 is 0. The maximum atomic E-state index is 5.57. The minimum Gasteiger partial charge on any atom is -0.491 e. The maximum Gasteiger partial charge on any atom is 0.145 e. The molecule has 0 radical (unpaired) electrons. The first-order chi connectivity index (χ1) is 8.33. The van der Waals surface area contributed by atoms with E-state index in [1.165, 1.54) is 6.20 Å². The lowest BCUT2D eigenvalue weighted by molar-refractivity contribution is 0.339. The number of para-hydroxylation sites is 1. The first-order valence-corrected chi connectivity index (χ1v) is 5.39. The van der Waals surface area contributed by atoms with Gasteiger partial charge in [0.15, 0.2) is 0 Å². The Labute approximate surface area is 98.7 Å². The van der Waals surface area contributed by atoms with E-state index < -0.39 is 0 Å². The van der Waals surface area contributed by atoms with E-state index in [1.54, 1.807) is 6.20 Å². The second kappa shape index (κ2) is 3.93. The van der Waals surface area contributed by atoms with Crippen LogP contribution in [0.3, 0.4) is 0 Å². The average Bonchev–Trinajstić information content (AvgIpc) is 2.76. The predicted molar refractivity (Wildman–Crippen MR) is 64.7 cm³/mol. The van der Waals surface area contributed by atoms with Crippen LogP contribution in [-0.2, 0) is 0 Å². The molecule has 5 heteroatoms. The molecule has 0 amide bonds. The summed E-state index contributed by atoms with van der Waals surface area (Å²) in [4.78, 5) is 8.15. The zero-order valence-corrected chi connectivity index (χ0v) is 9.13. The molecule has 0 aliphatic carbocycles. The Hall–Kier alpha value is -2.30. The standard InChI is InChI=1S/C12H12N4O/c13-11-5-15-12(6-14-11)16-9-7-17-10-4-2-1-3-8(9)10/h1-6,9H,7H2,(H2,13,14)(H,15,16). The van der Waals surface area contributed by atoms with E-state index in [1.807, 2.05) is 24.3 Å². The zero-order chi connectivity index (χ0) is 11.7. The molecule has 0 bridgehead atoms. The van der Waals surface area contributed by atoms with E-state index in [-0.39, 0.29) is 6.04 Å². The molecule has 5 nitrogen and oxygen atoms in total. The van der Waals surface area contributed by atoms with Gasteiger partial charge in [-0.25, -0.2) is 9.97 Å². The molecule has 3 N–H and O–H groups in total. The van der Waals surface area contributed by atoms with Gasteiger partial charge in [-0.05, 0) is 6.07 Å². The molecule has 1 aromatic heterocycles. The summed E-state index contributed by atoms with van der Waals surface area (Å²) in [6, 6.07) is 8.08. The predicted octanol–water partition coefficient (Wildman–Crippen LogP) is 1.60. The third kappa shape index (κ3) is 1.87. The minimum absolute atomic E-state index is 0.115. The molecule has 0 fully saturated rings. The highest BCUT2D eigenvalue weighted by molar-refractivity contribution is 5.46. The summed E-state index contributed by atoms with van der Waals surface area (Å²) < 4.78 is 5.57. The van der Waals surface area contributed by atoms with Crippen molar-refractivity contribution >= 4 is 11.6 Å². The lowest BCUT2D eigenvalue weighted by atomic mass is 10.1. The van der Waals surface area contributed by atoms with Crippen LogP contribution in [0.15, 0.2) is 36.7 Å². The molecule has 2 aromatic rings. The number of benzene rings is 1. The molecule has 1 aliphatic rings. The van der Waals surface area contributed by atoms with Gasteiger partial charge in [-0.2, -0.15) is 0 Å². The molecular formula is C12H12N4O. The van der Waals surface area contributed by atoms with E-state index in [4.69, 9.17) is 10.5 Å². The third-order valence-electron chi connectivity index (χ3n) is 2.69. The van der Waals surface area contributed by atoms with Gasteiger partial charge in [0.2, 0.25) is 0 Å². The first kappa shape index (κ1) is 9.89. The lowest BCUT2D eigenvalue weighted by Gasteiger charge is -2.11. The Bertz CT molecular complexity index is 526. The summed E-state index contributed by atoms with van der Waals surface area (Å²) in [6.07, 6.45) is 3.15. The fourth-order valence-corrected chi connectivity index (χ4v) is 1.87. The monoisotopic (exact) mass is 228 g/mol. The highest BCUT2D eigenvalue weighted by Crippen LogP contribution is 2.33. The Kier molecular flexibility index (Phi) is 2.29. The number of anilines is 2. The molecule has 0 saturated carbocycles. The Morgan fingerprint density at radius 2 is 2.12 bits per heavy atom. The molecule has 1 aromatic carbocycles. The normalized spacial score (nSPS) is 17.3. The van der Waals surface area contributed by atoms with Crippen molar-refractivity contribution in [2.45, 2.75) is 6.04 Å². The molecular weight excluding hydrogens is 216 g/mol. The number of hydrogen-bond donors (Lipinski definition) is 2. The average molecular weight is 228 g/mol. The summed E-state index contributed by atoms with van der Waals surface area (Å²) in [6.45, 7) is 0.603. The molecule has 1 atom stereocenters. The fourth-order valence-electron chi connectivity index (χ4n) is 1.87. The Morgan fingerprint density at radius 1 is 1.24 bits per heavy atom. The maximum absolute atomic E-state index is 5.57. The van der Waals surface area contributed by atoms with Crippen LogP contribution in [0.2, 0.25) is 0 Å². The Balaban J connectivity index is 1.81. The minimum atomic E-state index is 0.115. The number of ether oxygens (including phenoxy) is 1. The van der Waals surface area contributed by atoms with Gasteiger partial charge in [-0.1, -0.05) is 18.2 Å². The van der Waals surface area contributed by atoms with Crippen LogP contribution in [0.5, 0.6) is 5.75 Å². The third-order valence-corrected chi connectivity index (χ3v) is 2.69. The van der Waals surface area contributed by atoms with Crippen LogP contribution in [-0.4, -0.2) is 16.6 Å². The van der Waals surface area contributed by atoms with Crippen molar-refractivity contribution in [3.8, 4) is 5.75 Å². The van der Waals surface area contributed by atoms with Crippen LogP contribution in [0, 0.1) is 0 Å². The molecule has 3 rings (SSSR count). The number of nitrogen functional groups attached to an aromatic ring is 1. The van der Waals surface area contributed by atoms with Crippen LogP contribution in [0.1, 0.15) is 11.6 Å². The molecule has 1 unspecified atom stereocenters. The molecule has 0 saturated heterocycles. The van der Waals surface area contributed by atoms with Crippen molar-refractivity contribution in [2.75, 3.05) is 17.7 Å². The zero-order valence-electron chi connectivity index (χ0n) is 9.13. The van der Waals surface area contributed by atoms with Gasteiger partial charge < -0.3 is 15.8 Å². The molecule has 2 heterocycles. The topological polar surface area (TPSA) is 73.1 Å². The van der Waals surface area contributed by atoms with Crippen LogP contribution in [0.4, 0.5) is 11.6 Å². The van der Waals surface area contributed by atoms with Crippen molar-refractivity contribution in [1.29, 1.82) is 0 Å². The molecule has 17 heavy (non-hydrogen) atoms. The van der Waals surface area contributed by atoms with Crippen LogP contribution < -0.4 is 15.8 Å². The van der Waals surface area contributed by atoms with Crippen molar-refractivity contribution in [2.24, 2.45) is 0 Å². The van der Waals surface area contributed by atoms with Crippen LogP contribution in [0.25, 0.3) is 0 Å². The molecule has 0 spiro atoms. The smallest absolute Gasteiger partial charge is 0.145 e. The number of nitrogens with zero attached hydrogens (tertiary/aromatic N) is 2. The number of hydrogen-bond acceptors (Lipinski definition) is 5. The number of aromatic nitrogens is 2. The summed E-state index contributed by atoms with van der Waals surface area (Å²) in [7, 11) is 0. The van der Waals surface area contributed by atoms with Crippen molar-refractivity contribution in [3.05, 3.63) is 42.2 Å². The van der Waals surface area contributed by atoms with Gasteiger partial charge in [-0.3, -0.25) is 0 Å². The number of nitrogens with one attached hydrogen (secondary N) is 1. The van der Waals surface area contributed by atoms with E-state index >= 15 is 0 Å². The largest absolute Gasteiger partial charge is 0.491 e. The number of rotatable bonds is 2. The van der Waals surface area contributed by atoms with Gasteiger partial charge in [0.05, 0.1) is 18.4 Å². The SMILES string of the molecule is Nc1cnc(NC2COc3ccccc32)cn1. The molecule has 86 valence electrons. The van der Waals surface area contributed by atoms with Crippen molar-refractivity contribution < 1.29 is 4.74 Å². The second-order valence-corrected chi connectivity index (χ2v) is 3.87. The fraction of sp³-hybridized carbons (Fsp3) is 0.167. The van der Waals surface area contributed by atoms with Crippen LogP contribution >= 0.6 is 0 Å². The first-order valence-electron chi connectivity index (χ1n) is 5.39. The van der Waals surface area contributed by atoms with Crippen molar-refractivity contribution in [3.63, 3.8) is 0 Å². The van der Waals surface area contributed by atoms with Gasteiger partial charge in [0, 0.05) is 5.56 Å². The highest BCUT2D eigenvalue weighted by Gasteiger charge is 2.23. The van der Waals surface area contributed by atoms with E-state index in [9.17, 15) is 0 Å². The number of nitrogens with two attached hydrogens (primary N) is 1. The van der Waals surface area contributed by atoms with Crippen molar-refractivity contribution in [1.82, 2.24) is 9.97 Å².